The number of aliphatic hydroxyl groups excluding tert-OH is 1. The van der Waals surface area contributed by atoms with Gasteiger partial charge in [0, 0.05) is 17.8 Å². The number of non-ortho nitro benzene ring substituents is 1. The highest BCUT2D eigenvalue weighted by molar-refractivity contribution is 5.52. The first-order chi connectivity index (χ1) is 8.42. The van der Waals surface area contributed by atoms with Gasteiger partial charge in [-0.2, -0.15) is 0 Å². The number of nitrogens with zero attached hydrogens (tertiary/aromatic N) is 1. The van der Waals surface area contributed by atoms with E-state index in [0.717, 1.165) is 6.07 Å². The number of hydrogen-bond donors (Lipinski definition) is 2. The summed E-state index contributed by atoms with van der Waals surface area (Å²) in [5, 5.41) is 22.7. The van der Waals surface area contributed by atoms with E-state index < -0.39 is 10.7 Å². The van der Waals surface area contributed by atoms with Crippen LogP contribution in [0.15, 0.2) is 18.2 Å². The van der Waals surface area contributed by atoms with E-state index in [1.54, 1.807) is 0 Å². The monoisotopic (exact) mass is 256 g/mol. The van der Waals surface area contributed by atoms with Crippen molar-refractivity contribution in [2.45, 2.75) is 26.3 Å². The van der Waals surface area contributed by atoms with Crippen LogP contribution in [0.1, 0.15) is 20.3 Å². The van der Waals surface area contributed by atoms with Crippen molar-refractivity contribution in [3.63, 3.8) is 0 Å². The Hall–Kier alpha value is -1.69. The summed E-state index contributed by atoms with van der Waals surface area (Å²) in [4.78, 5) is 9.95. The van der Waals surface area contributed by atoms with Crippen molar-refractivity contribution in [1.82, 2.24) is 0 Å². The first-order valence-electron chi connectivity index (χ1n) is 5.74. The third-order valence-corrected chi connectivity index (χ3v) is 2.44. The first-order valence-corrected chi connectivity index (χ1v) is 5.74. The number of rotatable bonds is 6. The molecule has 0 saturated carbocycles. The van der Waals surface area contributed by atoms with E-state index in [4.69, 9.17) is 0 Å². The maximum atomic E-state index is 13.2. The van der Waals surface area contributed by atoms with Gasteiger partial charge in [0.2, 0.25) is 0 Å². The lowest BCUT2D eigenvalue weighted by atomic mass is 10.0. The minimum Gasteiger partial charge on any atom is -0.394 e. The van der Waals surface area contributed by atoms with Crippen LogP contribution in [-0.4, -0.2) is 22.7 Å². The van der Waals surface area contributed by atoms with E-state index in [9.17, 15) is 19.6 Å². The Morgan fingerprint density at radius 2 is 2.11 bits per heavy atom. The van der Waals surface area contributed by atoms with E-state index >= 15 is 0 Å². The van der Waals surface area contributed by atoms with Gasteiger partial charge in [0.1, 0.15) is 5.82 Å². The summed E-state index contributed by atoms with van der Waals surface area (Å²) in [5.74, 6) is -0.314. The highest BCUT2D eigenvalue weighted by atomic mass is 19.1. The number of hydrogen-bond acceptors (Lipinski definition) is 4. The van der Waals surface area contributed by atoms with E-state index in [1.807, 2.05) is 13.8 Å². The average Bonchev–Trinajstić information content (AvgIpc) is 2.26. The quantitative estimate of drug-likeness (QED) is 0.606. The summed E-state index contributed by atoms with van der Waals surface area (Å²) in [5.41, 5.74) is 0.000127. The van der Waals surface area contributed by atoms with Gasteiger partial charge in [-0.05, 0) is 18.4 Å². The van der Waals surface area contributed by atoms with Crippen molar-refractivity contribution in [1.29, 1.82) is 0 Å². The molecule has 0 amide bonds. The molecule has 2 N–H and O–H groups in total. The van der Waals surface area contributed by atoms with Crippen LogP contribution in [-0.2, 0) is 0 Å². The lowest BCUT2D eigenvalue weighted by Crippen LogP contribution is -2.25. The van der Waals surface area contributed by atoms with Crippen LogP contribution in [0.25, 0.3) is 0 Å². The number of halogens is 1. The van der Waals surface area contributed by atoms with E-state index in [1.165, 1.54) is 12.1 Å². The maximum Gasteiger partial charge on any atom is 0.274 e. The minimum atomic E-state index is -0.673. The fourth-order valence-corrected chi connectivity index (χ4v) is 1.75. The standard InChI is InChI=1S/C12H17FN2O3/c1-8(2)3-11(7-16)14-10-4-9(13)5-12(6-10)15(17)18/h4-6,8,11,14,16H,3,7H2,1-2H3. The Bertz CT molecular complexity index is 424. The van der Waals surface area contributed by atoms with Crippen LogP contribution in [0.2, 0.25) is 0 Å². The van der Waals surface area contributed by atoms with Gasteiger partial charge in [0.25, 0.3) is 5.69 Å². The van der Waals surface area contributed by atoms with Crippen molar-refractivity contribution in [3.8, 4) is 0 Å². The molecule has 0 aliphatic rings. The zero-order valence-electron chi connectivity index (χ0n) is 10.4. The highest BCUT2D eigenvalue weighted by Crippen LogP contribution is 2.21. The zero-order valence-corrected chi connectivity index (χ0v) is 10.4. The SMILES string of the molecule is CC(C)CC(CO)Nc1cc(F)cc([N+](=O)[O-])c1. The molecule has 0 aliphatic heterocycles. The van der Waals surface area contributed by atoms with Gasteiger partial charge in [0.15, 0.2) is 0 Å². The van der Waals surface area contributed by atoms with Gasteiger partial charge < -0.3 is 10.4 Å². The Kier molecular flexibility index (Phi) is 5.03. The molecule has 1 unspecified atom stereocenters. The van der Waals surface area contributed by atoms with Gasteiger partial charge in [-0.15, -0.1) is 0 Å². The summed E-state index contributed by atoms with van der Waals surface area (Å²) in [7, 11) is 0. The maximum absolute atomic E-state index is 13.2. The lowest BCUT2D eigenvalue weighted by molar-refractivity contribution is -0.385. The molecule has 1 rings (SSSR count). The fraction of sp³-hybridized carbons (Fsp3) is 0.500. The van der Waals surface area contributed by atoms with Crippen LogP contribution in [0.3, 0.4) is 0 Å². The number of nitro benzene ring substituents is 1. The predicted molar refractivity (Wildman–Crippen MR) is 67.0 cm³/mol. The highest BCUT2D eigenvalue weighted by Gasteiger charge is 2.14. The molecule has 1 aromatic carbocycles. The van der Waals surface area contributed by atoms with Crippen molar-refractivity contribution in [2.75, 3.05) is 11.9 Å². The summed E-state index contributed by atoms with van der Waals surface area (Å²) in [6, 6.07) is 3.05. The van der Waals surface area contributed by atoms with Crippen molar-refractivity contribution in [3.05, 3.63) is 34.1 Å². The topological polar surface area (TPSA) is 75.4 Å². The lowest BCUT2D eigenvalue weighted by Gasteiger charge is -2.19. The molecule has 0 bridgehead atoms. The minimum absolute atomic E-state index is 0.109. The first kappa shape index (κ1) is 14.4. The molecule has 18 heavy (non-hydrogen) atoms. The third kappa shape index (κ3) is 4.29. The number of nitrogens with one attached hydrogen (secondary N) is 1. The van der Waals surface area contributed by atoms with Crippen LogP contribution in [0, 0.1) is 21.8 Å². The van der Waals surface area contributed by atoms with Gasteiger partial charge in [-0.3, -0.25) is 10.1 Å². The normalized spacial score (nSPS) is 12.5. The Morgan fingerprint density at radius 3 is 2.61 bits per heavy atom. The molecule has 0 saturated heterocycles. The van der Waals surface area contributed by atoms with Crippen molar-refractivity contribution in [2.24, 2.45) is 5.92 Å². The molecule has 0 fully saturated rings. The second-order valence-electron chi connectivity index (χ2n) is 4.61. The molecular weight excluding hydrogens is 239 g/mol. The van der Waals surface area contributed by atoms with E-state index in [0.29, 0.717) is 18.0 Å². The summed E-state index contributed by atoms with van der Waals surface area (Å²) >= 11 is 0. The van der Waals surface area contributed by atoms with Gasteiger partial charge in [0.05, 0.1) is 17.6 Å². The number of benzene rings is 1. The predicted octanol–water partition coefficient (Wildman–Crippen LogP) is 2.55. The molecule has 0 radical (unpaired) electrons. The van der Waals surface area contributed by atoms with E-state index in [-0.39, 0.29) is 18.3 Å². The number of aliphatic hydroxyl groups is 1. The summed E-state index contributed by atoms with van der Waals surface area (Å²) in [6.45, 7) is 3.89. The van der Waals surface area contributed by atoms with E-state index in [2.05, 4.69) is 5.32 Å². The van der Waals surface area contributed by atoms with Gasteiger partial charge in [-0.25, -0.2) is 4.39 Å². The van der Waals surface area contributed by atoms with Crippen molar-refractivity contribution < 1.29 is 14.4 Å². The molecule has 100 valence electrons. The van der Waals surface area contributed by atoms with Crippen LogP contribution in [0.4, 0.5) is 15.8 Å². The number of anilines is 1. The zero-order chi connectivity index (χ0) is 13.7. The Morgan fingerprint density at radius 1 is 1.44 bits per heavy atom. The fourth-order valence-electron chi connectivity index (χ4n) is 1.75. The second kappa shape index (κ2) is 6.30. The van der Waals surface area contributed by atoms with Crippen LogP contribution in [0.5, 0.6) is 0 Å². The molecule has 6 heteroatoms. The largest absolute Gasteiger partial charge is 0.394 e. The van der Waals surface area contributed by atoms with Crippen molar-refractivity contribution >= 4 is 11.4 Å². The molecule has 5 nitrogen and oxygen atoms in total. The third-order valence-electron chi connectivity index (χ3n) is 2.44. The number of nitro groups is 1. The Labute approximate surface area is 105 Å². The molecule has 0 aliphatic carbocycles. The molecule has 0 spiro atoms. The molecule has 0 aromatic heterocycles. The molecule has 0 heterocycles. The second-order valence-corrected chi connectivity index (χ2v) is 4.61. The molecule has 1 atom stereocenters. The summed E-state index contributed by atoms with van der Waals surface area (Å²) in [6.07, 6.45) is 0.695. The summed E-state index contributed by atoms with van der Waals surface area (Å²) < 4.78 is 13.2. The Balaban J connectivity index is 2.85. The van der Waals surface area contributed by atoms with Crippen LogP contribution >= 0.6 is 0 Å². The van der Waals surface area contributed by atoms with Gasteiger partial charge >= 0.3 is 0 Å². The smallest absolute Gasteiger partial charge is 0.274 e. The average molecular weight is 256 g/mol. The van der Waals surface area contributed by atoms with Crippen LogP contribution < -0.4 is 5.32 Å². The molecular formula is C12H17FN2O3. The van der Waals surface area contributed by atoms with Gasteiger partial charge in [-0.1, -0.05) is 13.8 Å². The molecule has 1 aromatic rings.